The Morgan fingerprint density at radius 1 is 1.39 bits per heavy atom. The van der Waals surface area contributed by atoms with Crippen molar-refractivity contribution in [3.63, 3.8) is 0 Å². The van der Waals surface area contributed by atoms with Crippen LogP contribution in [0.2, 0.25) is 0 Å². The third-order valence-electron chi connectivity index (χ3n) is 2.66. The molecule has 0 radical (unpaired) electrons. The van der Waals surface area contributed by atoms with Gasteiger partial charge in [0.2, 0.25) is 0 Å². The van der Waals surface area contributed by atoms with Crippen LogP contribution < -0.4 is 10.5 Å². The maximum atomic E-state index is 13.4. The van der Waals surface area contributed by atoms with E-state index in [0.29, 0.717) is 17.9 Å². The van der Waals surface area contributed by atoms with E-state index >= 15 is 0 Å². The number of benzene rings is 1. The van der Waals surface area contributed by atoms with Gasteiger partial charge in [-0.3, -0.25) is 0 Å². The molecule has 0 aliphatic heterocycles. The molecule has 1 aromatic carbocycles. The molecule has 5 heteroatoms. The van der Waals surface area contributed by atoms with Crippen molar-refractivity contribution in [2.45, 2.75) is 19.5 Å². The molecule has 2 rings (SSSR count). The van der Waals surface area contributed by atoms with Gasteiger partial charge in [0.05, 0.1) is 12.9 Å². The van der Waals surface area contributed by atoms with E-state index in [4.69, 9.17) is 10.5 Å². The highest BCUT2D eigenvalue weighted by atomic mass is 19.1. The van der Waals surface area contributed by atoms with Crippen molar-refractivity contribution in [2.75, 3.05) is 6.61 Å². The van der Waals surface area contributed by atoms with E-state index in [1.54, 1.807) is 24.7 Å². The van der Waals surface area contributed by atoms with E-state index in [1.165, 1.54) is 6.07 Å². The number of ether oxygens (including phenoxy) is 1. The second-order valence-electron chi connectivity index (χ2n) is 3.92. The van der Waals surface area contributed by atoms with Crippen LogP contribution in [0.1, 0.15) is 12.0 Å². The first-order chi connectivity index (χ1) is 8.81. The highest BCUT2D eigenvalue weighted by Gasteiger charge is 2.07. The Morgan fingerprint density at radius 2 is 2.28 bits per heavy atom. The third kappa shape index (κ3) is 3.07. The number of hydrogen-bond donors (Lipinski definition) is 1. The fourth-order valence-electron chi connectivity index (χ4n) is 1.72. The predicted molar refractivity (Wildman–Crippen MR) is 66.6 cm³/mol. The molecular formula is C13H16FN3O. The number of aromatic nitrogens is 2. The van der Waals surface area contributed by atoms with Gasteiger partial charge in [-0.15, -0.1) is 0 Å². The Kier molecular flexibility index (Phi) is 4.30. The van der Waals surface area contributed by atoms with Gasteiger partial charge in [-0.25, -0.2) is 9.37 Å². The number of rotatable bonds is 6. The van der Waals surface area contributed by atoms with Crippen LogP contribution in [0.25, 0.3) is 0 Å². The van der Waals surface area contributed by atoms with E-state index < -0.39 is 0 Å². The Morgan fingerprint density at radius 3 is 3.00 bits per heavy atom. The lowest BCUT2D eigenvalue weighted by atomic mass is 10.2. The van der Waals surface area contributed by atoms with Crippen LogP contribution in [0, 0.1) is 5.82 Å². The quantitative estimate of drug-likeness (QED) is 0.796. The monoisotopic (exact) mass is 249 g/mol. The highest BCUT2D eigenvalue weighted by molar-refractivity contribution is 5.34. The minimum atomic E-state index is -0.315. The smallest absolute Gasteiger partial charge is 0.131 e. The Hall–Kier alpha value is -1.88. The Bertz CT molecular complexity index is 485. The standard InChI is InChI=1S/C13H16FN3O/c14-12-3-1-4-13(11(12)9-15)18-8-2-6-17-7-5-16-10-17/h1,3-5,7,10H,2,6,8-9,15H2. The maximum Gasteiger partial charge on any atom is 0.131 e. The summed E-state index contributed by atoms with van der Waals surface area (Å²) in [5.74, 6) is 0.216. The van der Waals surface area contributed by atoms with Crippen molar-refractivity contribution in [1.82, 2.24) is 9.55 Å². The zero-order chi connectivity index (χ0) is 12.8. The van der Waals surface area contributed by atoms with E-state index in [2.05, 4.69) is 4.98 Å². The van der Waals surface area contributed by atoms with Gasteiger partial charge in [-0.2, -0.15) is 0 Å². The van der Waals surface area contributed by atoms with Gasteiger partial charge in [0.25, 0.3) is 0 Å². The van der Waals surface area contributed by atoms with Crippen LogP contribution >= 0.6 is 0 Å². The molecule has 0 unspecified atom stereocenters. The van der Waals surface area contributed by atoms with Crippen LogP contribution in [0.15, 0.2) is 36.9 Å². The molecule has 0 atom stereocenters. The molecule has 0 spiro atoms. The molecule has 0 amide bonds. The fraction of sp³-hybridized carbons (Fsp3) is 0.308. The highest BCUT2D eigenvalue weighted by Crippen LogP contribution is 2.20. The summed E-state index contributed by atoms with van der Waals surface area (Å²) in [5, 5.41) is 0. The van der Waals surface area contributed by atoms with Gasteiger partial charge < -0.3 is 15.0 Å². The molecule has 4 nitrogen and oxygen atoms in total. The normalized spacial score (nSPS) is 10.6. The SMILES string of the molecule is NCc1c(F)cccc1OCCCn1ccnc1. The molecule has 96 valence electrons. The molecule has 2 aromatic rings. The molecule has 0 saturated carbocycles. The largest absolute Gasteiger partial charge is 0.493 e. The van der Waals surface area contributed by atoms with Crippen LogP contribution in [-0.2, 0) is 13.1 Å². The first-order valence-electron chi connectivity index (χ1n) is 5.87. The summed E-state index contributed by atoms with van der Waals surface area (Å²) >= 11 is 0. The summed E-state index contributed by atoms with van der Waals surface area (Å²) in [6.45, 7) is 1.49. The summed E-state index contributed by atoms with van der Waals surface area (Å²) in [5.41, 5.74) is 5.93. The lowest BCUT2D eigenvalue weighted by molar-refractivity contribution is 0.297. The molecule has 2 N–H and O–H groups in total. The zero-order valence-electron chi connectivity index (χ0n) is 10.1. The molecule has 0 fully saturated rings. The van der Waals surface area contributed by atoms with Gasteiger partial charge in [0.1, 0.15) is 11.6 Å². The zero-order valence-corrected chi connectivity index (χ0v) is 10.1. The number of halogens is 1. The molecule has 18 heavy (non-hydrogen) atoms. The molecule has 1 heterocycles. The molecule has 1 aromatic heterocycles. The van der Waals surface area contributed by atoms with Gasteiger partial charge >= 0.3 is 0 Å². The van der Waals surface area contributed by atoms with Gasteiger partial charge in [-0.1, -0.05) is 6.07 Å². The van der Waals surface area contributed by atoms with Crippen molar-refractivity contribution in [3.05, 3.63) is 48.3 Å². The average molecular weight is 249 g/mol. The summed E-state index contributed by atoms with van der Waals surface area (Å²) in [6.07, 6.45) is 6.22. The summed E-state index contributed by atoms with van der Waals surface area (Å²) < 4.78 is 20.9. The Balaban J connectivity index is 1.85. The first kappa shape index (κ1) is 12.6. The molecular weight excluding hydrogens is 233 g/mol. The van der Waals surface area contributed by atoms with Crippen LogP contribution in [0.3, 0.4) is 0 Å². The summed E-state index contributed by atoms with van der Waals surface area (Å²) in [6, 6.07) is 4.75. The number of aryl methyl sites for hydroxylation is 1. The third-order valence-corrected chi connectivity index (χ3v) is 2.66. The van der Waals surface area contributed by atoms with Crippen molar-refractivity contribution in [2.24, 2.45) is 5.73 Å². The van der Waals surface area contributed by atoms with Gasteiger partial charge in [0, 0.05) is 31.0 Å². The van der Waals surface area contributed by atoms with E-state index in [0.717, 1.165) is 13.0 Å². The molecule has 0 bridgehead atoms. The Labute approximate surface area is 105 Å². The first-order valence-corrected chi connectivity index (χ1v) is 5.87. The number of nitrogens with two attached hydrogens (primary N) is 1. The lowest BCUT2D eigenvalue weighted by Crippen LogP contribution is -2.07. The van der Waals surface area contributed by atoms with Crippen molar-refractivity contribution in [1.29, 1.82) is 0 Å². The second kappa shape index (κ2) is 6.16. The van der Waals surface area contributed by atoms with Crippen LogP contribution in [-0.4, -0.2) is 16.2 Å². The maximum absolute atomic E-state index is 13.4. The minimum Gasteiger partial charge on any atom is -0.493 e. The molecule has 0 aliphatic rings. The fourth-order valence-corrected chi connectivity index (χ4v) is 1.72. The van der Waals surface area contributed by atoms with Crippen LogP contribution in [0.5, 0.6) is 5.75 Å². The number of imidazole rings is 1. The van der Waals surface area contributed by atoms with E-state index in [9.17, 15) is 4.39 Å². The summed E-state index contributed by atoms with van der Waals surface area (Å²) in [4.78, 5) is 3.95. The molecule has 0 saturated heterocycles. The van der Waals surface area contributed by atoms with E-state index in [-0.39, 0.29) is 12.4 Å². The van der Waals surface area contributed by atoms with E-state index in [1.807, 2.05) is 10.8 Å². The van der Waals surface area contributed by atoms with Gasteiger partial charge in [0.15, 0.2) is 0 Å². The second-order valence-corrected chi connectivity index (χ2v) is 3.92. The van der Waals surface area contributed by atoms with Crippen LogP contribution in [0.4, 0.5) is 4.39 Å². The topological polar surface area (TPSA) is 53.1 Å². The number of hydrogen-bond acceptors (Lipinski definition) is 3. The minimum absolute atomic E-state index is 0.142. The van der Waals surface area contributed by atoms with Crippen molar-refractivity contribution >= 4 is 0 Å². The van der Waals surface area contributed by atoms with Gasteiger partial charge in [-0.05, 0) is 18.6 Å². The predicted octanol–water partition coefficient (Wildman–Crippen LogP) is 1.95. The molecule has 0 aliphatic carbocycles. The van der Waals surface area contributed by atoms with Crippen molar-refractivity contribution in [3.8, 4) is 5.75 Å². The number of nitrogens with zero attached hydrogens (tertiary/aromatic N) is 2. The average Bonchev–Trinajstić information content (AvgIpc) is 2.88. The summed E-state index contributed by atoms with van der Waals surface area (Å²) in [7, 11) is 0. The lowest BCUT2D eigenvalue weighted by Gasteiger charge is -2.11. The van der Waals surface area contributed by atoms with Crippen molar-refractivity contribution < 1.29 is 9.13 Å².